The van der Waals surface area contributed by atoms with Gasteiger partial charge in [-0.1, -0.05) is 54.1 Å². The number of rotatable bonds is 5. The largest absolute Gasteiger partial charge is 0.341 e. The van der Waals surface area contributed by atoms with E-state index in [9.17, 15) is 4.79 Å². The molecule has 1 amide bonds. The quantitative estimate of drug-likeness (QED) is 0.875. The third kappa shape index (κ3) is 3.97. The third-order valence-electron chi connectivity index (χ3n) is 4.58. The Bertz CT molecular complexity index is 666. The van der Waals surface area contributed by atoms with Gasteiger partial charge in [0.25, 0.3) is 0 Å². The van der Waals surface area contributed by atoms with Crippen molar-refractivity contribution in [1.82, 2.24) is 10.2 Å². The Kier molecular flexibility index (Phi) is 5.54. The lowest BCUT2D eigenvalue weighted by molar-refractivity contribution is -0.132. The van der Waals surface area contributed by atoms with Crippen LogP contribution >= 0.6 is 11.6 Å². The SMILES string of the molecule is C[C@@H](N[C@H](C(=O)N1CCCC1)c1ccccc1)c1ccc(Cl)cc1. The first kappa shape index (κ1) is 17.0. The van der Waals surface area contributed by atoms with Gasteiger partial charge in [-0.05, 0) is 43.0 Å². The summed E-state index contributed by atoms with van der Waals surface area (Å²) < 4.78 is 0. The lowest BCUT2D eigenvalue weighted by Gasteiger charge is -2.27. The Labute approximate surface area is 148 Å². The molecule has 0 bridgehead atoms. The molecule has 1 aliphatic rings. The molecule has 3 rings (SSSR count). The molecule has 1 fully saturated rings. The summed E-state index contributed by atoms with van der Waals surface area (Å²) in [5, 5.41) is 4.23. The number of benzene rings is 2. The summed E-state index contributed by atoms with van der Waals surface area (Å²) in [7, 11) is 0. The topological polar surface area (TPSA) is 32.3 Å². The van der Waals surface area contributed by atoms with Crippen molar-refractivity contribution in [3.63, 3.8) is 0 Å². The van der Waals surface area contributed by atoms with Crippen molar-refractivity contribution in [1.29, 1.82) is 0 Å². The molecule has 0 saturated carbocycles. The fourth-order valence-electron chi connectivity index (χ4n) is 3.17. The molecule has 3 nitrogen and oxygen atoms in total. The first-order valence-electron chi connectivity index (χ1n) is 8.50. The highest BCUT2D eigenvalue weighted by Gasteiger charge is 2.28. The standard InChI is InChI=1S/C20H23ClN2O/c1-15(16-9-11-18(21)12-10-16)22-19(17-7-3-2-4-8-17)20(24)23-13-5-6-14-23/h2-4,7-12,15,19,22H,5-6,13-14H2,1H3/t15-,19+/m1/s1. The number of hydrogen-bond acceptors (Lipinski definition) is 2. The molecule has 0 radical (unpaired) electrons. The normalized spacial score (nSPS) is 16.8. The van der Waals surface area contributed by atoms with Gasteiger partial charge in [0.1, 0.15) is 6.04 Å². The number of carbonyl (C=O) groups is 1. The van der Waals surface area contributed by atoms with E-state index >= 15 is 0 Å². The Morgan fingerprint density at radius 3 is 2.25 bits per heavy atom. The molecule has 0 aromatic heterocycles. The van der Waals surface area contributed by atoms with Gasteiger partial charge in [-0.15, -0.1) is 0 Å². The molecule has 1 heterocycles. The number of carbonyl (C=O) groups excluding carboxylic acids is 1. The Hall–Kier alpha value is -1.84. The van der Waals surface area contributed by atoms with E-state index in [4.69, 9.17) is 11.6 Å². The summed E-state index contributed by atoms with van der Waals surface area (Å²) in [6, 6.07) is 17.5. The zero-order valence-electron chi connectivity index (χ0n) is 13.9. The van der Waals surface area contributed by atoms with Gasteiger partial charge in [0.05, 0.1) is 0 Å². The predicted molar refractivity (Wildman–Crippen MR) is 98.0 cm³/mol. The lowest BCUT2D eigenvalue weighted by Crippen LogP contribution is -2.40. The van der Waals surface area contributed by atoms with Crippen molar-refractivity contribution >= 4 is 17.5 Å². The molecule has 126 valence electrons. The molecule has 0 unspecified atom stereocenters. The van der Waals surface area contributed by atoms with Gasteiger partial charge in [0.15, 0.2) is 0 Å². The van der Waals surface area contributed by atoms with E-state index < -0.39 is 0 Å². The number of nitrogens with zero attached hydrogens (tertiary/aromatic N) is 1. The fraction of sp³-hybridized carbons (Fsp3) is 0.350. The molecule has 4 heteroatoms. The molecule has 1 aliphatic heterocycles. The van der Waals surface area contributed by atoms with Crippen LogP contribution in [0.2, 0.25) is 5.02 Å². The molecular formula is C20H23ClN2O. The summed E-state index contributed by atoms with van der Waals surface area (Å²) in [5.41, 5.74) is 2.13. The maximum absolute atomic E-state index is 13.0. The first-order valence-corrected chi connectivity index (χ1v) is 8.88. The second-order valence-corrected chi connectivity index (χ2v) is 6.75. The van der Waals surface area contributed by atoms with Gasteiger partial charge in [0.2, 0.25) is 5.91 Å². The van der Waals surface area contributed by atoms with Crippen molar-refractivity contribution in [2.24, 2.45) is 0 Å². The van der Waals surface area contributed by atoms with Crippen molar-refractivity contribution in [2.75, 3.05) is 13.1 Å². The Morgan fingerprint density at radius 1 is 1.00 bits per heavy atom. The summed E-state index contributed by atoms with van der Waals surface area (Å²) >= 11 is 5.97. The molecule has 0 aliphatic carbocycles. The van der Waals surface area contributed by atoms with E-state index in [1.54, 1.807) is 0 Å². The van der Waals surface area contributed by atoms with E-state index in [1.165, 1.54) is 0 Å². The zero-order chi connectivity index (χ0) is 16.9. The maximum Gasteiger partial charge on any atom is 0.244 e. The van der Waals surface area contributed by atoms with E-state index in [-0.39, 0.29) is 18.0 Å². The summed E-state index contributed by atoms with van der Waals surface area (Å²) in [4.78, 5) is 15.0. The van der Waals surface area contributed by atoms with Crippen LogP contribution in [0.5, 0.6) is 0 Å². The minimum absolute atomic E-state index is 0.0547. The van der Waals surface area contributed by atoms with Crippen LogP contribution in [0, 0.1) is 0 Å². The predicted octanol–water partition coefficient (Wildman–Crippen LogP) is 4.35. The van der Waals surface area contributed by atoms with Crippen LogP contribution in [0.3, 0.4) is 0 Å². The molecule has 0 spiro atoms. The van der Waals surface area contributed by atoms with Crippen molar-refractivity contribution in [3.05, 3.63) is 70.7 Å². The molecular weight excluding hydrogens is 320 g/mol. The highest BCUT2D eigenvalue weighted by Crippen LogP contribution is 2.24. The van der Waals surface area contributed by atoms with Crippen LogP contribution in [-0.4, -0.2) is 23.9 Å². The number of hydrogen-bond donors (Lipinski definition) is 1. The molecule has 2 aromatic carbocycles. The second kappa shape index (κ2) is 7.82. The van der Waals surface area contributed by atoms with Crippen LogP contribution in [-0.2, 0) is 4.79 Å². The van der Waals surface area contributed by atoms with Gasteiger partial charge < -0.3 is 4.90 Å². The third-order valence-corrected chi connectivity index (χ3v) is 4.84. The Balaban J connectivity index is 1.81. The van der Waals surface area contributed by atoms with E-state index in [2.05, 4.69) is 12.2 Å². The van der Waals surface area contributed by atoms with Gasteiger partial charge in [-0.25, -0.2) is 0 Å². The van der Waals surface area contributed by atoms with E-state index in [0.29, 0.717) is 0 Å². The van der Waals surface area contributed by atoms with Gasteiger partial charge in [-0.3, -0.25) is 10.1 Å². The van der Waals surface area contributed by atoms with Crippen molar-refractivity contribution < 1.29 is 4.79 Å². The molecule has 2 atom stereocenters. The number of nitrogens with one attached hydrogen (secondary N) is 1. The van der Waals surface area contributed by atoms with Crippen molar-refractivity contribution in [2.45, 2.75) is 31.8 Å². The van der Waals surface area contributed by atoms with Gasteiger partial charge in [-0.2, -0.15) is 0 Å². The highest BCUT2D eigenvalue weighted by molar-refractivity contribution is 6.30. The lowest BCUT2D eigenvalue weighted by atomic mass is 10.0. The average molecular weight is 343 g/mol. The first-order chi connectivity index (χ1) is 11.6. The highest BCUT2D eigenvalue weighted by atomic mass is 35.5. The summed E-state index contributed by atoms with van der Waals surface area (Å²) in [6.07, 6.45) is 2.19. The van der Waals surface area contributed by atoms with Crippen LogP contribution in [0.25, 0.3) is 0 Å². The summed E-state index contributed by atoms with van der Waals surface area (Å²) in [5.74, 6) is 0.166. The smallest absolute Gasteiger partial charge is 0.244 e. The maximum atomic E-state index is 13.0. The second-order valence-electron chi connectivity index (χ2n) is 6.32. The van der Waals surface area contributed by atoms with E-state index in [1.807, 2.05) is 59.5 Å². The van der Waals surface area contributed by atoms with Crippen molar-refractivity contribution in [3.8, 4) is 0 Å². The average Bonchev–Trinajstić information content (AvgIpc) is 3.15. The minimum atomic E-state index is -0.324. The fourth-order valence-corrected chi connectivity index (χ4v) is 3.30. The number of halogens is 1. The summed E-state index contributed by atoms with van der Waals surface area (Å²) in [6.45, 7) is 3.80. The molecule has 24 heavy (non-hydrogen) atoms. The zero-order valence-corrected chi connectivity index (χ0v) is 14.7. The minimum Gasteiger partial charge on any atom is -0.341 e. The Morgan fingerprint density at radius 2 is 1.62 bits per heavy atom. The molecule has 1 N–H and O–H groups in total. The molecule has 1 saturated heterocycles. The van der Waals surface area contributed by atoms with E-state index in [0.717, 1.165) is 42.1 Å². The van der Waals surface area contributed by atoms with Gasteiger partial charge >= 0.3 is 0 Å². The van der Waals surface area contributed by atoms with Crippen LogP contribution in [0.4, 0.5) is 0 Å². The van der Waals surface area contributed by atoms with Gasteiger partial charge in [0, 0.05) is 24.2 Å². The van der Waals surface area contributed by atoms with Crippen LogP contribution < -0.4 is 5.32 Å². The number of amides is 1. The monoisotopic (exact) mass is 342 g/mol. The number of likely N-dealkylation sites (tertiary alicyclic amines) is 1. The van der Waals surface area contributed by atoms with Crippen LogP contribution in [0.1, 0.15) is 43.0 Å². The van der Waals surface area contributed by atoms with Crippen LogP contribution in [0.15, 0.2) is 54.6 Å². The molecule has 2 aromatic rings.